The SMILES string of the molecule is CCOC(=O)CC(NC(=O)CCC(=O)Nc1ccc(C(=N)N)c(C)c1)c1ccccc1. The van der Waals surface area contributed by atoms with Crippen LogP contribution in [0.15, 0.2) is 48.5 Å². The van der Waals surface area contributed by atoms with E-state index >= 15 is 0 Å². The van der Waals surface area contributed by atoms with Gasteiger partial charge in [-0.2, -0.15) is 0 Å². The monoisotopic (exact) mass is 424 g/mol. The first-order valence-corrected chi connectivity index (χ1v) is 10.0. The first kappa shape index (κ1) is 23.6. The van der Waals surface area contributed by atoms with E-state index in [1.165, 1.54) is 0 Å². The van der Waals surface area contributed by atoms with Crippen LogP contribution in [-0.4, -0.2) is 30.2 Å². The molecule has 0 bridgehead atoms. The van der Waals surface area contributed by atoms with E-state index in [-0.39, 0.29) is 43.5 Å². The minimum atomic E-state index is -0.530. The number of esters is 1. The summed E-state index contributed by atoms with van der Waals surface area (Å²) in [4.78, 5) is 36.6. The van der Waals surface area contributed by atoms with E-state index in [0.29, 0.717) is 11.3 Å². The van der Waals surface area contributed by atoms with Gasteiger partial charge in [-0.3, -0.25) is 19.8 Å². The van der Waals surface area contributed by atoms with Crippen molar-refractivity contribution in [2.75, 3.05) is 11.9 Å². The second-order valence-corrected chi connectivity index (χ2v) is 7.03. The lowest BCUT2D eigenvalue weighted by Crippen LogP contribution is -2.31. The van der Waals surface area contributed by atoms with Gasteiger partial charge in [0.2, 0.25) is 11.8 Å². The Hall–Kier alpha value is -3.68. The number of hydrogen-bond donors (Lipinski definition) is 4. The number of amides is 2. The number of benzene rings is 2. The van der Waals surface area contributed by atoms with Crippen LogP contribution in [0.25, 0.3) is 0 Å². The van der Waals surface area contributed by atoms with Crippen molar-refractivity contribution in [3.05, 3.63) is 65.2 Å². The second-order valence-electron chi connectivity index (χ2n) is 7.03. The molecule has 0 heterocycles. The number of amidine groups is 1. The van der Waals surface area contributed by atoms with Crippen molar-refractivity contribution in [2.24, 2.45) is 5.73 Å². The Morgan fingerprint density at radius 3 is 2.35 bits per heavy atom. The minimum Gasteiger partial charge on any atom is -0.466 e. The molecule has 2 rings (SSSR count). The maximum Gasteiger partial charge on any atom is 0.308 e. The average Bonchev–Trinajstić information content (AvgIpc) is 2.72. The molecule has 2 aromatic rings. The molecule has 0 saturated heterocycles. The van der Waals surface area contributed by atoms with Gasteiger partial charge < -0.3 is 21.1 Å². The standard InChI is InChI=1S/C23H28N4O4/c1-3-31-22(30)14-19(16-7-5-4-6-8-16)27-21(29)12-11-20(28)26-17-9-10-18(23(24)25)15(2)13-17/h4-10,13,19H,3,11-12,14H2,1-2H3,(H3,24,25)(H,26,28)(H,27,29). The number of nitrogen functional groups attached to an aromatic ring is 1. The molecule has 0 spiro atoms. The second kappa shape index (κ2) is 11.5. The summed E-state index contributed by atoms with van der Waals surface area (Å²) < 4.78 is 5.00. The highest BCUT2D eigenvalue weighted by Crippen LogP contribution is 2.18. The van der Waals surface area contributed by atoms with E-state index in [1.54, 1.807) is 32.0 Å². The molecule has 164 valence electrons. The van der Waals surface area contributed by atoms with Crippen LogP contribution in [0.1, 0.15) is 48.9 Å². The summed E-state index contributed by atoms with van der Waals surface area (Å²) in [7, 11) is 0. The predicted molar refractivity (Wildman–Crippen MR) is 119 cm³/mol. The molecule has 8 heteroatoms. The Morgan fingerprint density at radius 1 is 1.06 bits per heavy atom. The Bertz CT molecular complexity index is 944. The molecule has 0 radical (unpaired) electrons. The third kappa shape index (κ3) is 7.58. The molecule has 2 aromatic carbocycles. The van der Waals surface area contributed by atoms with Crippen molar-refractivity contribution in [3.8, 4) is 0 Å². The summed E-state index contributed by atoms with van der Waals surface area (Å²) in [6.07, 6.45) is -0.0275. The number of carbonyl (C=O) groups is 3. The Morgan fingerprint density at radius 2 is 1.74 bits per heavy atom. The van der Waals surface area contributed by atoms with Crippen LogP contribution in [0, 0.1) is 12.3 Å². The third-order valence-electron chi connectivity index (χ3n) is 4.59. The fraction of sp³-hybridized carbons (Fsp3) is 0.304. The number of nitrogens with two attached hydrogens (primary N) is 1. The lowest BCUT2D eigenvalue weighted by atomic mass is 10.0. The highest BCUT2D eigenvalue weighted by atomic mass is 16.5. The molecule has 0 aromatic heterocycles. The van der Waals surface area contributed by atoms with Gasteiger partial charge in [-0.1, -0.05) is 30.3 Å². The van der Waals surface area contributed by atoms with Crippen LogP contribution in [0.5, 0.6) is 0 Å². The lowest BCUT2D eigenvalue weighted by molar-refractivity contribution is -0.144. The Balaban J connectivity index is 1.92. The molecule has 8 nitrogen and oxygen atoms in total. The number of carbonyl (C=O) groups excluding carboxylic acids is 3. The largest absolute Gasteiger partial charge is 0.466 e. The average molecular weight is 425 g/mol. The molecule has 2 amide bonds. The fourth-order valence-corrected chi connectivity index (χ4v) is 3.08. The van der Waals surface area contributed by atoms with Gasteiger partial charge in [-0.25, -0.2) is 0 Å². The summed E-state index contributed by atoms with van der Waals surface area (Å²) in [5, 5.41) is 13.0. The van der Waals surface area contributed by atoms with Crippen molar-refractivity contribution in [3.63, 3.8) is 0 Å². The normalized spacial score (nSPS) is 11.3. The van der Waals surface area contributed by atoms with Crippen LogP contribution >= 0.6 is 0 Å². The lowest BCUT2D eigenvalue weighted by Gasteiger charge is -2.18. The summed E-state index contributed by atoms with van der Waals surface area (Å²) in [5.74, 6) is -1.09. The number of anilines is 1. The molecule has 5 N–H and O–H groups in total. The number of hydrogen-bond acceptors (Lipinski definition) is 5. The molecule has 0 aliphatic rings. The van der Waals surface area contributed by atoms with Crippen LogP contribution in [0.3, 0.4) is 0 Å². The molecule has 1 unspecified atom stereocenters. The van der Waals surface area contributed by atoms with Crippen LogP contribution in [0.2, 0.25) is 0 Å². The van der Waals surface area contributed by atoms with Gasteiger partial charge in [0, 0.05) is 24.1 Å². The quantitative estimate of drug-likeness (QED) is 0.264. The van der Waals surface area contributed by atoms with Gasteiger partial charge in [0.05, 0.1) is 19.1 Å². The molecule has 31 heavy (non-hydrogen) atoms. The summed E-state index contributed by atoms with van der Waals surface area (Å²) >= 11 is 0. The number of ether oxygens (including phenoxy) is 1. The molecular formula is C23H28N4O4. The van der Waals surface area contributed by atoms with Gasteiger partial charge >= 0.3 is 5.97 Å². The summed E-state index contributed by atoms with van der Waals surface area (Å²) in [6.45, 7) is 3.79. The van der Waals surface area contributed by atoms with E-state index in [9.17, 15) is 14.4 Å². The minimum absolute atomic E-state index is 0.0115. The Kier molecular flexibility index (Phi) is 8.75. The molecule has 1 atom stereocenters. The maximum absolute atomic E-state index is 12.4. The maximum atomic E-state index is 12.4. The van der Waals surface area contributed by atoms with Crippen LogP contribution < -0.4 is 16.4 Å². The van der Waals surface area contributed by atoms with Gasteiger partial charge in [0.15, 0.2) is 0 Å². The first-order valence-electron chi connectivity index (χ1n) is 10.0. The molecule has 0 saturated carbocycles. The van der Waals surface area contributed by atoms with Crippen LogP contribution in [0.4, 0.5) is 5.69 Å². The Labute approximate surface area is 181 Å². The van der Waals surface area contributed by atoms with Crippen molar-refractivity contribution < 1.29 is 19.1 Å². The summed E-state index contributed by atoms with van der Waals surface area (Å²) in [6, 6.07) is 13.7. The first-order chi connectivity index (χ1) is 14.8. The zero-order valence-corrected chi connectivity index (χ0v) is 17.7. The van der Waals surface area contributed by atoms with Crippen molar-refractivity contribution in [1.82, 2.24) is 5.32 Å². The van der Waals surface area contributed by atoms with Crippen molar-refractivity contribution in [1.29, 1.82) is 5.41 Å². The van der Waals surface area contributed by atoms with E-state index in [4.69, 9.17) is 15.9 Å². The summed E-state index contributed by atoms with van der Waals surface area (Å²) in [5.41, 5.74) is 8.23. The smallest absolute Gasteiger partial charge is 0.308 e. The highest BCUT2D eigenvalue weighted by molar-refractivity contribution is 5.98. The topological polar surface area (TPSA) is 134 Å². The van der Waals surface area contributed by atoms with Gasteiger partial charge in [0.1, 0.15) is 5.84 Å². The van der Waals surface area contributed by atoms with Gasteiger partial charge in [-0.15, -0.1) is 0 Å². The van der Waals surface area contributed by atoms with Gasteiger partial charge in [0.25, 0.3) is 0 Å². The molecule has 0 aliphatic carbocycles. The fourth-order valence-electron chi connectivity index (χ4n) is 3.08. The zero-order chi connectivity index (χ0) is 22.8. The third-order valence-corrected chi connectivity index (χ3v) is 4.59. The van der Waals surface area contributed by atoms with E-state index in [1.807, 2.05) is 30.3 Å². The van der Waals surface area contributed by atoms with Crippen LogP contribution in [-0.2, 0) is 19.1 Å². The van der Waals surface area contributed by atoms with E-state index in [0.717, 1.165) is 11.1 Å². The van der Waals surface area contributed by atoms with Crippen molar-refractivity contribution >= 4 is 29.3 Å². The predicted octanol–water partition coefficient (Wildman–Crippen LogP) is 2.81. The van der Waals surface area contributed by atoms with E-state index in [2.05, 4.69) is 10.6 Å². The van der Waals surface area contributed by atoms with Gasteiger partial charge in [-0.05, 0) is 43.2 Å². The molecule has 0 fully saturated rings. The number of aryl methyl sites for hydroxylation is 1. The van der Waals surface area contributed by atoms with Crippen molar-refractivity contribution in [2.45, 2.75) is 39.2 Å². The molecule has 0 aliphatic heterocycles. The number of rotatable bonds is 10. The zero-order valence-electron chi connectivity index (χ0n) is 17.7. The molecular weight excluding hydrogens is 396 g/mol. The van der Waals surface area contributed by atoms with E-state index < -0.39 is 12.0 Å². The number of nitrogens with one attached hydrogen (secondary N) is 3. The highest BCUT2D eigenvalue weighted by Gasteiger charge is 2.19.